The molecule has 0 amide bonds. The third-order valence-corrected chi connectivity index (χ3v) is 1.31. The first-order valence-corrected chi connectivity index (χ1v) is 3.20. The molecule has 10 heavy (non-hydrogen) atoms. The summed E-state index contributed by atoms with van der Waals surface area (Å²) in [5.41, 5.74) is 2.86. The quantitative estimate of drug-likeness (QED) is 0.512. The van der Waals surface area contributed by atoms with E-state index < -0.39 is 0 Å². The van der Waals surface area contributed by atoms with Crippen molar-refractivity contribution in [2.75, 3.05) is 0 Å². The SMILES string of the molecule is C=C1N=C(C(C)C)NN1N. The lowest BCUT2D eigenvalue weighted by atomic mass is 10.2. The van der Waals surface area contributed by atoms with E-state index in [0.717, 1.165) is 5.84 Å². The Hall–Kier alpha value is -1.03. The van der Waals surface area contributed by atoms with E-state index in [0.29, 0.717) is 11.7 Å². The van der Waals surface area contributed by atoms with Gasteiger partial charge in [0.25, 0.3) is 0 Å². The number of nitrogens with zero attached hydrogens (tertiary/aromatic N) is 2. The van der Waals surface area contributed by atoms with Gasteiger partial charge in [-0.25, -0.2) is 16.0 Å². The predicted octanol–water partition coefficient (Wildman–Crippen LogP) is 0.206. The first-order chi connectivity index (χ1) is 4.61. The Bertz CT molecular complexity index is 182. The Morgan fingerprint density at radius 2 is 2.30 bits per heavy atom. The van der Waals surface area contributed by atoms with E-state index in [4.69, 9.17) is 5.84 Å². The molecule has 3 N–H and O–H groups in total. The van der Waals surface area contributed by atoms with Crippen molar-refractivity contribution in [2.24, 2.45) is 16.8 Å². The van der Waals surface area contributed by atoms with E-state index in [1.807, 2.05) is 13.8 Å². The molecule has 0 saturated heterocycles. The zero-order valence-electron chi connectivity index (χ0n) is 6.26. The van der Waals surface area contributed by atoms with Gasteiger partial charge >= 0.3 is 0 Å². The summed E-state index contributed by atoms with van der Waals surface area (Å²) in [5.74, 6) is 7.21. The lowest BCUT2D eigenvalue weighted by molar-refractivity contribution is 0.331. The average Bonchev–Trinajstić information content (AvgIpc) is 2.13. The Morgan fingerprint density at radius 1 is 1.70 bits per heavy atom. The second-order valence-electron chi connectivity index (χ2n) is 2.55. The summed E-state index contributed by atoms with van der Waals surface area (Å²) in [6, 6.07) is 0. The van der Waals surface area contributed by atoms with Crippen LogP contribution in [0.2, 0.25) is 0 Å². The smallest absolute Gasteiger partial charge is 0.158 e. The third kappa shape index (κ3) is 1.11. The highest BCUT2D eigenvalue weighted by atomic mass is 15.7. The van der Waals surface area contributed by atoms with Crippen molar-refractivity contribution in [1.29, 1.82) is 0 Å². The van der Waals surface area contributed by atoms with Crippen molar-refractivity contribution >= 4 is 5.84 Å². The molecule has 0 aromatic rings. The van der Waals surface area contributed by atoms with E-state index in [-0.39, 0.29) is 0 Å². The van der Waals surface area contributed by atoms with Crippen LogP contribution in [-0.4, -0.2) is 11.0 Å². The summed E-state index contributed by atoms with van der Waals surface area (Å²) in [7, 11) is 0. The van der Waals surface area contributed by atoms with Crippen LogP contribution < -0.4 is 11.3 Å². The van der Waals surface area contributed by atoms with Crippen molar-refractivity contribution in [3.05, 3.63) is 12.4 Å². The highest BCUT2D eigenvalue weighted by Gasteiger charge is 2.16. The monoisotopic (exact) mass is 140 g/mol. The van der Waals surface area contributed by atoms with Crippen LogP contribution in [0.5, 0.6) is 0 Å². The lowest BCUT2D eigenvalue weighted by Gasteiger charge is -2.12. The van der Waals surface area contributed by atoms with Gasteiger partial charge in [-0.05, 0) is 0 Å². The first kappa shape index (κ1) is 7.08. The fourth-order valence-electron chi connectivity index (χ4n) is 0.664. The fraction of sp³-hybridized carbons (Fsp3) is 0.500. The predicted molar refractivity (Wildman–Crippen MR) is 40.6 cm³/mol. The zero-order valence-corrected chi connectivity index (χ0v) is 6.26. The molecule has 0 unspecified atom stereocenters. The van der Waals surface area contributed by atoms with E-state index in [1.54, 1.807) is 0 Å². The molecule has 0 aromatic heterocycles. The van der Waals surface area contributed by atoms with Gasteiger partial charge in [-0.3, -0.25) is 5.43 Å². The maximum absolute atomic E-state index is 5.41. The second-order valence-corrected chi connectivity index (χ2v) is 2.55. The number of hydrazine groups is 2. The highest BCUT2D eigenvalue weighted by Crippen LogP contribution is 2.07. The molecule has 56 valence electrons. The largest absolute Gasteiger partial charge is 0.269 e. The molecule has 1 aliphatic rings. The number of rotatable bonds is 1. The van der Waals surface area contributed by atoms with E-state index >= 15 is 0 Å². The molecule has 4 nitrogen and oxygen atoms in total. The lowest BCUT2D eigenvalue weighted by Crippen LogP contribution is -2.41. The van der Waals surface area contributed by atoms with Crippen molar-refractivity contribution in [3.8, 4) is 0 Å². The topological polar surface area (TPSA) is 53.7 Å². The molecule has 0 bridgehead atoms. The van der Waals surface area contributed by atoms with Gasteiger partial charge in [-0.15, -0.1) is 0 Å². The summed E-state index contributed by atoms with van der Waals surface area (Å²) in [6.07, 6.45) is 0. The normalized spacial score (nSPS) is 17.8. The molecule has 0 aromatic carbocycles. The van der Waals surface area contributed by atoms with Gasteiger partial charge in [-0.1, -0.05) is 20.4 Å². The third-order valence-electron chi connectivity index (χ3n) is 1.31. The number of hydrogen-bond donors (Lipinski definition) is 2. The van der Waals surface area contributed by atoms with Crippen LogP contribution in [0.4, 0.5) is 0 Å². The standard InChI is InChI=1S/C6H12N4/c1-4(2)6-8-5(3)10(7)9-6/h4H,3,7H2,1-2H3,(H,8,9). The van der Waals surface area contributed by atoms with E-state index in [1.165, 1.54) is 5.12 Å². The van der Waals surface area contributed by atoms with Crippen LogP contribution in [0.25, 0.3) is 0 Å². The number of hydrogen-bond acceptors (Lipinski definition) is 4. The molecule has 0 radical (unpaired) electrons. The van der Waals surface area contributed by atoms with Crippen molar-refractivity contribution in [1.82, 2.24) is 10.5 Å². The van der Waals surface area contributed by atoms with Crippen LogP contribution >= 0.6 is 0 Å². The van der Waals surface area contributed by atoms with Crippen LogP contribution in [0.1, 0.15) is 13.8 Å². The molecule has 0 atom stereocenters. The highest BCUT2D eigenvalue weighted by molar-refractivity contribution is 5.85. The van der Waals surface area contributed by atoms with Crippen molar-refractivity contribution in [3.63, 3.8) is 0 Å². The molecule has 4 heteroatoms. The van der Waals surface area contributed by atoms with Gasteiger partial charge < -0.3 is 0 Å². The van der Waals surface area contributed by atoms with Gasteiger partial charge in [0.05, 0.1) is 0 Å². The zero-order chi connectivity index (χ0) is 7.72. The Morgan fingerprint density at radius 3 is 2.50 bits per heavy atom. The Kier molecular flexibility index (Phi) is 1.63. The average molecular weight is 140 g/mol. The maximum Gasteiger partial charge on any atom is 0.158 e. The molecular formula is C6H12N4. The molecule has 1 aliphatic heterocycles. The number of nitrogens with one attached hydrogen (secondary N) is 1. The molecule has 0 fully saturated rings. The second kappa shape index (κ2) is 2.30. The molecular weight excluding hydrogens is 128 g/mol. The Balaban J connectivity index is 2.67. The number of amidine groups is 1. The minimum atomic E-state index is 0.366. The van der Waals surface area contributed by atoms with Gasteiger partial charge in [0.15, 0.2) is 5.82 Å². The van der Waals surface area contributed by atoms with Crippen LogP contribution in [0.15, 0.2) is 17.4 Å². The molecule has 1 rings (SSSR count). The van der Waals surface area contributed by atoms with Gasteiger partial charge in [0.1, 0.15) is 5.84 Å². The molecule has 0 saturated carbocycles. The van der Waals surface area contributed by atoms with E-state index in [9.17, 15) is 0 Å². The minimum absolute atomic E-state index is 0.366. The number of nitrogens with two attached hydrogens (primary N) is 1. The summed E-state index contributed by atoms with van der Waals surface area (Å²) >= 11 is 0. The summed E-state index contributed by atoms with van der Waals surface area (Å²) in [5, 5.41) is 1.31. The summed E-state index contributed by atoms with van der Waals surface area (Å²) in [4.78, 5) is 4.08. The van der Waals surface area contributed by atoms with Gasteiger partial charge in [-0.2, -0.15) is 0 Å². The van der Waals surface area contributed by atoms with Crippen LogP contribution in [0.3, 0.4) is 0 Å². The minimum Gasteiger partial charge on any atom is -0.269 e. The fourth-order valence-corrected chi connectivity index (χ4v) is 0.664. The van der Waals surface area contributed by atoms with Crippen LogP contribution in [0, 0.1) is 5.92 Å². The molecule has 0 aliphatic carbocycles. The molecule has 1 heterocycles. The Labute approximate surface area is 60.4 Å². The van der Waals surface area contributed by atoms with Gasteiger partial charge in [0.2, 0.25) is 0 Å². The van der Waals surface area contributed by atoms with Crippen molar-refractivity contribution in [2.45, 2.75) is 13.8 Å². The first-order valence-electron chi connectivity index (χ1n) is 3.20. The van der Waals surface area contributed by atoms with Crippen LogP contribution in [-0.2, 0) is 0 Å². The van der Waals surface area contributed by atoms with E-state index in [2.05, 4.69) is 17.0 Å². The van der Waals surface area contributed by atoms with Gasteiger partial charge in [0, 0.05) is 5.92 Å². The number of aliphatic imine (C=N–C) groups is 1. The summed E-state index contributed by atoms with van der Waals surface area (Å²) in [6.45, 7) is 7.70. The summed E-state index contributed by atoms with van der Waals surface area (Å²) < 4.78 is 0. The molecule has 0 spiro atoms. The maximum atomic E-state index is 5.41. The van der Waals surface area contributed by atoms with Crippen molar-refractivity contribution < 1.29 is 0 Å².